The van der Waals surface area contributed by atoms with Crippen molar-refractivity contribution in [3.8, 4) is 0 Å². The number of rotatable bonds is 14. The summed E-state index contributed by atoms with van der Waals surface area (Å²) >= 11 is 14.5. The summed E-state index contributed by atoms with van der Waals surface area (Å²) in [6.45, 7) is 0. The van der Waals surface area contributed by atoms with Crippen LogP contribution in [0.3, 0.4) is 0 Å². The highest BCUT2D eigenvalue weighted by Gasteiger charge is 2.57. The number of nitrogens with zero attached hydrogens (tertiary/aromatic N) is 3. The molecule has 0 saturated carbocycles. The van der Waals surface area contributed by atoms with Crippen molar-refractivity contribution in [1.82, 2.24) is 15.2 Å². The van der Waals surface area contributed by atoms with Gasteiger partial charge in [-0.25, -0.2) is 9.78 Å². The van der Waals surface area contributed by atoms with Gasteiger partial charge >= 0.3 is 5.97 Å². The van der Waals surface area contributed by atoms with Crippen LogP contribution in [0.15, 0.2) is 173 Å². The topological polar surface area (TPSA) is 122 Å². The zero-order chi connectivity index (χ0) is 41.6. The summed E-state index contributed by atoms with van der Waals surface area (Å²) in [6, 6.07) is 46.8. The molecule has 8 rings (SSSR count). The quantitative estimate of drug-likeness (QED) is 0.0211. The number of benzene rings is 5. The molecule has 2 aliphatic rings. The Morgan fingerprint density at radius 2 is 1.33 bits per heavy atom. The van der Waals surface area contributed by atoms with Gasteiger partial charge in [-0.3, -0.25) is 14.5 Å². The molecule has 3 heterocycles. The number of allylic oxidation sites excluding steroid dienone is 1. The second-order valence-electron chi connectivity index (χ2n) is 13.7. The van der Waals surface area contributed by atoms with Crippen molar-refractivity contribution < 1.29 is 24.0 Å². The van der Waals surface area contributed by atoms with E-state index in [9.17, 15) is 14.4 Å². The Balaban J connectivity index is 1.05. The molecule has 0 radical (unpaired) electrons. The number of amides is 2. The number of aromatic nitrogens is 1. The number of thiazole rings is 1. The summed E-state index contributed by atoms with van der Waals surface area (Å²) in [7, 11) is 1.32. The third-order valence-electron chi connectivity index (χ3n) is 10.2. The normalized spacial score (nSPS) is 16.5. The monoisotopic (exact) mass is 869 g/mol. The lowest BCUT2D eigenvalue weighted by atomic mass is 9.77. The zero-order valence-corrected chi connectivity index (χ0v) is 35.1. The molecule has 1 saturated heterocycles. The summed E-state index contributed by atoms with van der Waals surface area (Å²) in [5.74, 6) is -2.11. The van der Waals surface area contributed by atoms with Crippen molar-refractivity contribution in [3.05, 3.63) is 201 Å². The van der Waals surface area contributed by atoms with E-state index in [0.29, 0.717) is 14.2 Å². The van der Waals surface area contributed by atoms with Crippen LogP contribution in [-0.2, 0) is 29.5 Å². The number of hydrogen-bond acceptors (Lipinski definition) is 11. The van der Waals surface area contributed by atoms with Gasteiger partial charge in [0.1, 0.15) is 36.1 Å². The standard InChI is InChI=1S/C46H36ClN5O5S3/c1-56-51-36(34-28-59-45(48-34)50-46(31-21-11-4-12-22-31,32-23-13-5-14-24-32)33-25-15-6-16-26-33)41(53)49-37-39-44(58)60-35(27-47)38(52(39)42(37)54)43(55)57-40(29-17-7-2-8-18-29)30-19-9-3-10-20-30/h2-26,28,37,39-40H,27H2,1H3,(H,48,50)(H,49,53). The van der Waals surface area contributed by atoms with Crippen LogP contribution in [0.5, 0.6) is 0 Å². The lowest BCUT2D eigenvalue weighted by molar-refractivity contribution is -0.154. The van der Waals surface area contributed by atoms with Crippen LogP contribution >= 0.6 is 46.9 Å². The van der Waals surface area contributed by atoms with Crippen molar-refractivity contribution >= 4 is 79.7 Å². The first-order chi connectivity index (χ1) is 29.3. The van der Waals surface area contributed by atoms with E-state index in [1.165, 1.54) is 23.3 Å². The molecule has 5 aromatic carbocycles. The molecule has 2 aliphatic heterocycles. The van der Waals surface area contributed by atoms with Crippen molar-refractivity contribution in [2.45, 2.75) is 23.7 Å². The van der Waals surface area contributed by atoms with E-state index in [4.69, 9.17) is 38.4 Å². The van der Waals surface area contributed by atoms with Crippen LogP contribution < -0.4 is 10.6 Å². The first kappa shape index (κ1) is 40.7. The van der Waals surface area contributed by atoms with Gasteiger partial charge in [-0.1, -0.05) is 181 Å². The smallest absolute Gasteiger partial charge is 0.356 e. The molecule has 60 heavy (non-hydrogen) atoms. The molecular formula is C46H36ClN5O5S3. The van der Waals surface area contributed by atoms with Gasteiger partial charge in [0, 0.05) is 10.3 Å². The van der Waals surface area contributed by atoms with Crippen LogP contribution in [0.4, 0.5) is 5.13 Å². The highest BCUT2D eigenvalue weighted by Crippen LogP contribution is 2.43. The Kier molecular flexibility index (Phi) is 12.2. The van der Waals surface area contributed by atoms with Gasteiger partial charge in [0.15, 0.2) is 16.9 Å². The number of β-lactam (4-membered cyclic amide) rings is 1. The average Bonchev–Trinajstić information content (AvgIpc) is 3.77. The molecule has 6 aromatic rings. The maximum absolute atomic E-state index is 14.1. The first-order valence-electron chi connectivity index (χ1n) is 18.8. The maximum Gasteiger partial charge on any atom is 0.356 e. The minimum atomic E-state index is -1.11. The Bertz CT molecular complexity index is 2440. The van der Waals surface area contributed by atoms with Crippen LogP contribution in [0.1, 0.15) is 39.6 Å². The number of halogens is 1. The van der Waals surface area contributed by atoms with Gasteiger partial charge in [-0.05, 0) is 27.8 Å². The fraction of sp³-hybridized carbons (Fsp3) is 0.130. The minimum Gasteiger partial charge on any atom is -0.448 e. The number of carbonyl (C=O) groups excluding carboxylic acids is 3. The third-order valence-corrected chi connectivity index (χ3v) is 12.9. The number of carbonyl (C=O) groups is 3. The number of anilines is 1. The van der Waals surface area contributed by atoms with Gasteiger partial charge < -0.3 is 20.2 Å². The van der Waals surface area contributed by atoms with Crippen molar-refractivity contribution in [1.29, 1.82) is 0 Å². The average molecular weight is 870 g/mol. The van der Waals surface area contributed by atoms with Crippen LogP contribution in [-0.4, -0.2) is 62.6 Å². The maximum atomic E-state index is 14.1. The second-order valence-corrected chi connectivity index (χ2v) is 16.6. The van der Waals surface area contributed by atoms with Crippen molar-refractivity contribution in [3.63, 3.8) is 0 Å². The first-order valence-corrected chi connectivity index (χ1v) is 21.4. The largest absolute Gasteiger partial charge is 0.448 e. The number of ether oxygens (including phenoxy) is 1. The molecule has 2 N–H and O–H groups in total. The summed E-state index contributed by atoms with van der Waals surface area (Å²) in [5.41, 5.74) is 3.60. The lowest BCUT2D eigenvalue weighted by Gasteiger charge is -2.50. The molecule has 300 valence electrons. The van der Waals surface area contributed by atoms with Crippen LogP contribution in [0.2, 0.25) is 0 Å². The highest BCUT2D eigenvalue weighted by atomic mass is 35.5. The number of thiocarbonyl (C=S) groups is 1. The fourth-order valence-electron chi connectivity index (χ4n) is 7.42. The molecule has 0 bridgehead atoms. The molecule has 0 aliphatic carbocycles. The third kappa shape index (κ3) is 7.84. The molecule has 0 spiro atoms. The number of hydrogen-bond donors (Lipinski definition) is 2. The molecule has 1 fully saturated rings. The van der Waals surface area contributed by atoms with Gasteiger partial charge in [-0.2, -0.15) is 0 Å². The molecule has 10 nitrogen and oxygen atoms in total. The number of fused-ring (bicyclic) bond motifs is 1. The number of esters is 1. The van der Waals surface area contributed by atoms with Gasteiger partial charge in [-0.15, -0.1) is 22.9 Å². The predicted molar refractivity (Wildman–Crippen MR) is 240 cm³/mol. The van der Waals surface area contributed by atoms with Gasteiger partial charge in [0.05, 0.1) is 10.1 Å². The van der Waals surface area contributed by atoms with Crippen LogP contribution in [0, 0.1) is 0 Å². The van der Waals surface area contributed by atoms with E-state index in [0.717, 1.165) is 39.6 Å². The number of alkyl halides is 1. The summed E-state index contributed by atoms with van der Waals surface area (Å²) in [5, 5.41) is 12.8. The van der Waals surface area contributed by atoms with Crippen molar-refractivity contribution in [2.24, 2.45) is 5.16 Å². The fourth-order valence-corrected chi connectivity index (χ4v) is 9.94. The number of oxime groups is 1. The Hall–Kier alpha value is -6.12. The molecular weight excluding hydrogens is 834 g/mol. The van der Waals surface area contributed by atoms with E-state index in [2.05, 4.69) is 52.2 Å². The summed E-state index contributed by atoms with van der Waals surface area (Å²) in [6.07, 6.45) is -0.767. The molecule has 2 amide bonds. The Morgan fingerprint density at radius 1 is 0.833 bits per heavy atom. The minimum absolute atomic E-state index is 0.0132. The number of thioether (sulfide) groups is 1. The SMILES string of the molecule is CON=C(C(=O)NC1C(=O)N2C(C(=O)OC(c3ccccc3)c3ccccc3)=C(CCl)SC(=S)C12)c1csc(NC(c2ccccc2)(c2ccccc2)c2ccccc2)n1. The van der Waals surface area contributed by atoms with Crippen LogP contribution in [0.25, 0.3) is 0 Å². The molecule has 2 atom stereocenters. The van der Waals surface area contributed by atoms with E-state index < -0.39 is 41.5 Å². The molecule has 2 unspecified atom stereocenters. The van der Waals surface area contributed by atoms with Crippen molar-refractivity contribution in [2.75, 3.05) is 18.3 Å². The van der Waals surface area contributed by atoms with E-state index in [-0.39, 0.29) is 23.0 Å². The molecule has 14 heteroatoms. The predicted octanol–water partition coefficient (Wildman–Crippen LogP) is 8.45. The molecule has 1 aromatic heterocycles. The zero-order valence-electron chi connectivity index (χ0n) is 31.9. The van der Waals surface area contributed by atoms with Gasteiger partial charge in [0.2, 0.25) is 0 Å². The Morgan fingerprint density at radius 3 is 1.82 bits per heavy atom. The van der Waals surface area contributed by atoms with Gasteiger partial charge in [0.25, 0.3) is 11.8 Å². The van der Waals surface area contributed by atoms with E-state index in [1.54, 1.807) is 5.38 Å². The summed E-state index contributed by atoms with van der Waals surface area (Å²) in [4.78, 5) is 53.9. The van der Waals surface area contributed by atoms with E-state index >= 15 is 0 Å². The second kappa shape index (κ2) is 18.0. The van der Waals surface area contributed by atoms with E-state index in [1.807, 2.05) is 115 Å². The Labute approximate surface area is 365 Å². The number of nitrogens with one attached hydrogen (secondary N) is 2. The lowest BCUT2D eigenvalue weighted by Crippen LogP contribution is -2.74. The highest BCUT2D eigenvalue weighted by molar-refractivity contribution is 8.26. The summed E-state index contributed by atoms with van der Waals surface area (Å²) < 4.78 is 6.51.